The number of nitrogens with two attached hydrogens (primary N) is 1. The predicted octanol–water partition coefficient (Wildman–Crippen LogP) is 0.290. The molecule has 0 spiro atoms. The van der Waals surface area contributed by atoms with Crippen LogP contribution >= 0.6 is 0 Å². The van der Waals surface area contributed by atoms with Gasteiger partial charge < -0.3 is 15.2 Å². The molecule has 2 rings (SSSR count). The third-order valence-corrected chi connectivity index (χ3v) is 2.84. The molecule has 0 bridgehead atoms. The summed E-state index contributed by atoms with van der Waals surface area (Å²) in [5, 5.41) is 0. The molecule has 1 aromatic heterocycles. The minimum absolute atomic E-state index is 0.0233. The lowest BCUT2D eigenvalue weighted by Gasteiger charge is -2.27. The Bertz CT molecular complexity index is 526. The first kappa shape index (κ1) is 12.3. The summed E-state index contributed by atoms with van der Waals surface area (Å²) in [6, 6.07) is 0. The predicted molar refractivity (Wildman–Crippen MR) is 65.6 cm³/mol. The molecule has 1 aliphatic heterocycles. The standard InChI is InChI=1S/C12H16N4O2/c1-8(2)5-11(17)15-3-4-16-9(12(13)18)6-14-10(16)7-15/h5-6H,3-4,7H2,1-2H3,(H2,13,18). The number of carbonyl (C=O) groups is 2. The van der Waals surface area contributed by atoms with E-state index in [0.29, 0.717) is 31.2 Å². The molecule has 6 nitrogen and oxygen atoms in total. The van der Waals surface area contributed by atoms with Gasteiger partial charge in [-0.25, -0.2) is 4.98 Å². The van der Waals surface area contributed by atoms with Gasteiger partial charge in [-0.2, -0.15) is 0 Å². The Morgan fingerprint density at radius 2 is 2.11 bits per heavy atom. The van der Waals surface area contributed by atoms with E-state index in [1.807, 2.05) is 13.8 Å². The van der Waals surface area contributed by atoms with Crippen LogP contribution in [0.5, 0.6) is 0 Å². The van der Waals surface area contributed by atoms with Gasteiger partial charge in [0.25, 0.3) is 5.91 Å². The molecule has 0 aliphatic carbocycles. The summed E-state index contributed by atoms with van der Waals surface area (Å²) in [7, 11) is 0. The second-order valence-corrected chi connectivity index (χ2v) is 4.56. The van der Waals surface area contributed by atoms with Crippen LogP contribution in [-0.2, 0) is 17.9 Å². The minimum Gasteiger partial charge on any atom is -0.364 e. The smallest absolute Gasteiger partial charge is 0.266 e. The van der Waals surface area contributed by atoms with Crippen LogP contribution in [0.3, 0.4) is 0 Å². The molecular weight excluding hydrogens is 232 g/mol. The molecule has 0 atom stereocenters. The lowest BCUT2D eigenvalue weighted by Crippen LogP contribution is -2.38. The summed E-state index contributed by atoms with van der Waals surface area (Å²) in [5.41, 5.74) is 6.62. The minimum atomic E-state index is -0.488. The number of allylic oxidation sites excluding steroid dienone is 1. The SMILES string of the molecule is CC(C)=CC(=O)N1CCn2c(C(N)=O)cnc2C1. The molecule has 2 heterocycles. The normalized spacial score (nSPS) is 14.0. The summed E-state index contributed by atoms with van der Waals surface area (Å²) < 4.78 is 1.77. The Balaban J connectivity index is 2.19. The van der Waals surface area contributed by atoms with E-state index < -0.39 is 5.91 Å². The number of aromatic nitrogens is 2. The van der Waals surface area contributed by atoms with Gasteiger partial charge in [0.1, 0.15) is 11.5 Å². The van der Waals surface area contributed by atoms with Crippen LogP contribution < -0.4 is 5.73 Å². The van der Waals surface area contributed by atoms with Crippen LogP contribution in [0.15, 0.2) is 17.8 Å². The van der Waals surface area contributed by atoms with Crippen LogP contribution in [0.1, 0.15) is 30.2 Å². The summed E-state index contributed by atoms with van der Waals surface area (Å²) in [6.45, 7) is 5.29. The van der Waals surface area contributed by atoms with Gasteiger partial charge in [0.05, 0.1) is 12.7 Å². The van der Waals surface area contributed by atoms with Crippen LogP contribution in [-0.4, -0.2) is 32.8 Å². The zero-order valence-corrected chi connectivity index (χ0v) is 10.5. The molecule has 0 fully saturated rings. The molecule has 96 valence electrons. The molecular formula is C12H16N4O2. The summed E-state index contributed by atoms with van der Waals surface area (Å²) in [4.78, 5) is 28.9. The van der Waals surface area contributed by atoms with Gasteiger partial charge in [-0.1, -0.05) is 5.57 Å². The van der Waals surface area contributed by atoms with Gasteiger partial charge in [-0.3, -0.25) is 9.59 Å². The Morgan fingerprint density at radius 3 is 2.72 bits per heavy atom. The molecule has 6 heteroatoms. The van der Waals surface area contributed by atoms with Crippen molar-refractivity contribution in [3.8, 4) is 0 Å². The maximum Gasteiger partial charge on any atom is 0.266 e. The van der Waals surface area contributed by atoms with E-state index >= 15 is 0 Å². The number of hydrogen-bond donors (Lipinski definition) is 1. The van der Waals surface area contributed by atoms with Gasteiger partial charge in [0, 0.05) is 19.2 Å². The van der Waals surface area contributed by atoms with Crippen molar-refractivity contribution in [2.24, 2.45) is 5.73 Å². The quantitative estimate of drug-likeness (QED) is 0.764. The highest BCUT2D eigenvalue weighted by Crippen LogP contribution is 2.14. The van der Waals surface area contributed by atoms with Crippen molar-refractivity contribution >= 4 is 11.8 Å². The van der Waals surface area contributed by atoms with Crippen molar-refractivity contribution in [2.45, 2.75) is 26.9 Å². The van der Waals surface area contributed by atoms with Crippen molar-refractivity contribution in [1.82, 2.24) is 14.5 Å². The molecule has 0 radical (unpaired) electrons. The number of hydrogen-bond acceptors (Lipinski definition) is 3. The fourth-order valence-corrected chi connectivity index (χ4v) is 1.98. The van der Waals surface area contributed by atoms with E-state index in [9.17, 15) is 9.59 Å². The Hall–Kier alpha value is -2.11. The van der Waals surface area contributed by atoms with E-state index in [4.69, 9.17) is 5.73 Å². The second kappa shape index (κ2) is 4.64. The molecule has 0 saturated heterocycles. The lowest BCUT2D eigenvalue weighted by atomic mass is 10.2. The van der Waals surface area contributed by atoms with Gasteiger partial charge in [0.15, 0.2) is 0 Å². The average molecular weight is 248 g/mol. The van der Waals surface area contributed by atoms with Gasteiger partial charge in [-0.15, -0.1) is 0 Å². The van der Waals surface area contributed by atoms with Gasteiger partial charge in [0.2, 0.25) is 5.91 Å². The highest BCUT2D eigenvalue weighted by Gasteiger charge is 2.23. The summed E-state index contributed by atoms with van der Waals surface area (Å²) in [5.74, 6) is 0.188. The Kier molecular flexibility index (Phi) is 3.18. The van der Waals surface area contributed by atoms with Crippen molar-refractivity contribution in [2.75, 3.05) is 6.54 Å². The lowest BCUT2D eigenvalue weighted by molar-refractivity contribution is -0.127. The van der Waals surface area contributed by atoms with Crippen molar-refractivity contribution in [3.63, 3.8) is 0 Å². The van der Waals surface area contributed by atoms with E-state index in [2.05, 4.69) is 4.98 Å². The fraction of sp³-hybridized carbons (Fsp3) is 0.417. The first-order valence-corrected chi connectivity index (χ1v) is 5.77. The highest BCUT2D eigenvalue weighted by molar-refractivity contribution is 5.91. The van der Waals surface area contributed by atoms with E-state index in [0.717, 1.165) is 5.57 Å². The largest absolute Gasteiger partial charge is 0.364 e. The first-order chi connectivity index (χ1) is 8.49. The maximum absolute atomic E-state index is 11.9. The molecule has 18 heavy (non-hydrogen) atoms. The van der Waals surface area contributed by atoms with Crippen LogP contribution in [0.4, 0.5) is 0 Å². The van der Waals surface area contributed by atoms with E-state index in [1.54, 1.807) is 15.5 Å². The van der Waals surface area contributed by atoms with E-state index in [1.165, 1.54) is 6.20 Å². The molecule has 0 saturated carbocycles. The zero-order valence-electron chi connectivity index (χ0n) is 10.5. The third kappa shape index (κ3) is 2.27. The number of primary amides is 1. The number of amides is 2. The van der Waals surface area contributed by atoms with Crippen LogP contribution in [0, 0.1) is 0 Å². The number of imidazole rings is 1. The average Bonchev–Trinajstić information content (AvgIpc) is 2.70. The number of rotatable bonds is 2. The van der Waals surface area contributed by atoms with Crippen LogP contribution in [0.2, 0.25) is 0 Å². The highest BCUT2D eigenvalue weighted by atomic mass is 16.2. The van der Waals surface area contributed by atoms with E-state index in [-0.39, 0.29) is 5.91 Å². The second-order valence-electron chi connectivity index (χ2n) is 4.56. The Morgan fingerprint density at radius 1 is 1.39 bits per heavy atom. The van der Waals surface area contributed by atoms with Crippen molar-refractivity contribution in [1.29, 1.82) is 0 Å². The topological polar surface area (TPSA) is 81.2 Å². The van der Waals surface area contributed by atoms with Gasteiger partial charge in [-0.05, 0) is 13.8 Å². The summed E-state index contributed by atoms with van der Waals surface area (Å²) in [6.07, 6.45) is 3.07. The van der Waals surface area contributed by atoms with Crippen LogP contribution in [0.25, 0.3) is 0 Å². The van der Waals surface area contributed by atoms with Gasteiger partial charge >= 0.3 is 0 Å². The molecule has 1 aromatic rings. The molecule has 0 aromatic carbocycles. The third-order valence-electron chi connectivity index (χ3n) is 2.84. The monoisotopic (exact) mass is 248 g/mol. The molecule has 2 amide bonds. The van der Waals surface area contributed by atoms with Crippen molar-refractivity contribution < 1.29 is 9.59 Å². The fourth-order valence-electron chi connectivity index (χ4n) is 1.98. The number of carbonyl (C=O) groups excluding carboxylic acids is 2. The number of nitrogens with zero attached hydrogens (tertiary/aromatic N) is 3. The zero-order chi connectivity index (χ0) is 13.3. The summed E-state index contributed by atoms with van der Waals surface area (Å²) >= 11 is 0. The molecule has 2 N–H and O–H groups in total. The molecule has 1 aliphatic rings. The van der Waals surface area contributed by atoms with Crippen molar-refractivity contribution in [3.05, 3.63) is 29.4 Å². The molecule has 0 unspecified atom stereocenters. The first-order valence-electron chi connectivity index (χ1n) is 5.77. The number of fused-ring (bicyclic) bond motifs is 1. The Labute approximate surface area is 105 Å². The maximum atomic E-state index is 11.9.